The van der Waals surface area contributed by atoms with Crippen molar-refractivity contribution in [3.05, 3.63) is 88.0 Å². The van der Waals surface area contributed by atoms with Gasteiger partial charge in [-0.3, -0.25) is 38.8 Å². The second-order valence-corrected chi connectivity index (χ2v) is 25.6. The summed E-state index contributed by atoms with van der Waals surface area (Å²) in [5.41, 5.74) is 1.69. The number of ether oxygens (including phenoxy) is 3. The molecule has 13 rings (SSSR count). The molecule has 4 amide bonds. The van der Waals surface area contributed by atoms with Gasteiger partial charge in [0.15, 0.2) is 5.82 Å². The Hall–Kier alpha value is -7.70. The lowest BCUT2D eigenvalue weighted by atomic mass is 9.87. The van der Waals surface area contributed by atoms with Crippen LogP contribution in [-0.4, -0.2) is 163 Å². The number of imidazole rings is 1. The highest BCUT2D eigenvalue weighted by molar-refractivity contribution is 6.02. The Labute approximate surface area is 491 Å². The number of terminal acetylenes is 1. The van der Waals surface area contributed by atoms with Crippen LogP contribution in [0, 0.1) is 29.9 Å². The molecular weight excluding hydrogens is 1090 g/mol. The largest absolute Gasteiger partial charge is 0.461 e. The van der Waals surface area contributed by atoms with Crippen molar-refractivity contribution >= 4 is 62.5 Å². The average molecular weight is 1160 g/mol. The summed E-state index contributed by atoms with van der Waals surface area (Å²) < 4.78 is 54.5. The van der Waals surface area contributed by atoms with Crippen LogP contribution in [0.3, 0.4) is 0 Å². The number of likely N-dealkylation sites (tertiary alicyclic amines) is 2. The van der Waals surface area contributed by atoms with Gasteiger partial charge in [0.05, 0.1) is 39.6 Å². The van der Waals surface area contributed by atoms with E-state index < -0.39 is 29.2 Å². The van der Waals surface area contributed by atoms with E-state index in [1.807, 2.05) is 42.7 Å². The number of carbonyl (C=O) groups excluding carboxylic acids is 4. The maximum absolute atomic E-state index is 17.5. The van der Waals surface area contributed by atoms with Crippen molar-refractivity contribution in [1.82, 2.24) is 49.0 Å². The molecule has 6 aromatic rings. The zero-order valence-electron chi connectivity index (χ0n) is 48.8. The SMILES string of the molecule is C#Cc1c(F)ccc2cccc(-c3ncc4c(N5C[C@H]6CC[C@@H](C5)N6C(=O)OC(C)(C)C)nc(OC[C@]56CCCN5[C@H](COC(=O)N5CCC(CN7CCC(c8cccc9c8n(C)c(=O)n9C8CCC(=O)NC8=O)CC7)CC5)CC6)nc4c3F)c12. The van der Waals surface area contributed by atoms with Crippen LogP contribution in [0.25, 0.3) is 44.0 Å². The van der Waals surface area contributed by atoms with E-state index in [1.165, 1.54) is 6.07 Å². The van der Waals surface area contributed by atoms with Crippen LogP contribution < -0.4 is 20.6 Å². The zero-order chi connectivity index (χ0) is 59.1. The van der Waals surface area contributed by atoms with Crippen LogP contribution in [0.1, 0.15) is 121 Å². The van der Waals surface area contributed by atoms with Crippen LogP contribution in [0.5, 0.6) is 6.01 Å². The summed E-state index contributed by atoms with van der Waals surface area (Å²) in [4.78, 5) is 90.7. The van der Waals surface area contributed by atoms with Crippen molar-refractivity contribution in [2.24, 2.45) is 13.0 Å². The molecule has 10 heterocycles. The van der Waals surface area contributed by atoms with Gasteiger partial charge in [0.2, 0.25) is 11.8 Å². The molecule has 5 atom stereocenters. The van der Waals surface area contributed by atoms with Crippen molar-refractivity contribution in [1.29, 1.82) is 0 Å². The molecule has 446 valence electrons. The second kappa shape index (κ2) is 22.3. The first kappa shape index (κ1) is 56.4. The minimum atomic E-state index is -0.727. The number of piperazine rings is 1. The van der Waals surface area contributed by atoms with E-state index in [0.717, 1.165) is 107 Å². The summed E-state index contributed by atoms with van der Waals surface area (Å²) in [5.74, 6) is 1.54. The topological polar surface area (TPSA) is 190 Å². The molecule has 19 nitrogen and oxygen atoms in total. The number of piperidine rings is 3. The molecule has 7 aliphatic heterocycles. The fraction of sp³-hybridized carbons (Fsp3) is 0.531. The predicted molar refractivity (Wildman–Crippen MR) is 315 cm³/mol. The summed E-state index contributed by atoms with van der Waals surface area (Å²) in [6.45, 7) is 11.8. The molecule has 0 radical (unpaired) electrons. The summed E-state index contributed by atoms with van der Waals surface area (Å²) in [6.07, 6.45) is 15.8. The quantitative estimate of drug-likeness (QED) is 0.0961. The third-order valence-electron chi connectivity index (χ3n) is 19.4. The highest BCUT2D eigenvalue weighted by atomic mass is 19.1. The van der Waals surface area contributed by atoms with Crippen LogP contribution in [0.2, 0.25) is 0 Å². The molecule has 0 spiro atoms. The van der Waals surface area contributed by atoms with E-state index in [0.29, 0.717) is 66.1 Å². The van der Waals surface area contributed by atoms with Gasteiger partial charge in [0.1, 0.15) is 47.7 Å². The lowest BCUT2D eigenvalue weighted by molar-refractivity contribution is -0.135. The molecule has 7 saturated heterocycles. The summed E-state index contributed by atoms with van der Waals surface area (Å²) in [7, 11) is 1.76. The van der Waals surface area contributed by atoms with Gasteiger partial charge in [-0.15, -0.1) is 6.42 Å². The number of para-hydroxylation sites is 1. The molecule has 7 fully saturated rings. The number of halogens is 2. The van der Waals surface area contributed by atoms with Gasteiger partial charge in [-0.25, -0.2) is 23.2 Å². The third kappa shape index (κ3) is 10.4. The number of carbonyl (C=O) groups is 4. The summed E-state index contributed by atoms with van der Waals surface area (Å²) in [5, 5.41) is 3.78. The van der Waals surface area contributed by atoms with Gasteiger partial charge in [-0.05, 0) is 146 Å². The van der Waals surface area contributed by atoms with Gasteiger partial charge in [0.25, 0.3) is 0 Å². The number of nitrogens with one attached hydrogen (secondary N) is 1. The molecule has 1 N–H and O–H groups in total. The number of pyridine rings is 1. The normalized spacial score (nSPS) is 24.4. The number of aryl methyl sites for hydroxylation is 1. The molecule has 3 aromatic carbocycles. The van der Waals surface area contributed by atoms with Crippen molar-refractivity contribution in [2.45, 2.75) is 139 Å². The van der Waals surface area contributed by atoms with Gasteiger partial charge < -0.3 is 28.9 Å². The van der Waals surface area contributed by atoms with Crippen LogP contribution >= 0.6 is 0 Å². The Kier molecular flexibility index (Phi) is 14.8. The molecule has 7 aliphatic rings. The first-order valence-corrected chi connectivity index (χ1v) is 30.3. The van der Waals surface area contributed by atoms with Gasteiger partial charge in [0, 0.05) is 69.4 Å². The van der Waals surface area contributed by atoms with Gasteiger partial charge in [-0.2, -0.15) is 9.97 Å². The molecule has 85 heavy (non-hydrogen) atoms. The van der Waals surface area contributed by atoms with Crippen LogP contribution in [0.4, 0.5) is 24.2 Å². The maximum Gasteiger partial charge on any atom is 0.410 e. The Balaban J connectivity index is 0.650. The van der Waals surface area contributed by atoms with E-state index in [9.17, 15) is 24.0 Å². The number of benzene rings is 3. The third-order valence-corrected chi connectivity index (χ3v) is 19.4. The van der Waals surface area contributed by atoms with E-state index in [4.69, 9.17) is 30.6 Å². The van der Waals surface area contributed by atoms with E-state index >= 15 is 8.78 Å². The zero-order valence-corrected chi connectivity index (χ0v) is 48.8. The molecule has 2 bridgehead atoms. The van der Waals surface area contributed by atoms with Gasteiger partial charge >= 0.3 is 23.9 Å². The number of imide groups is 1. The second-order valence-electron chi connectivity index (χ2n) is 25.6. The predicted octanol–water partition coefficient (Wildman–Crippen LogP) is 8.43. The Bertz CT molecular complexity index is 3750. The lowest BCUT2D eigenvalue weighted by Gasteiger charge is -2.42. The number of hydrogen-bond acceptors (Lipinski definition) is 14. The molecule has 1 unspecified atom stereocenters. The molecule has 0 aliphatic carbocycles. The fourth-order valence-corrected chi connectivity index (χ4v) is 15.3. The maximum atomic E-state index is 17.5. The Morgan fingerprint density at radius 3 is 2.38 bits per heavy atom. The number of anilines is 1. The molecule has 21 heteroatoms. The number of hydrogen-bond donors (Lipinski definition) is 1. The number of aromatic nitrogens is 5. The van der Waals surface area contributed by atoms with Crippen LogP contribution in [0.15, 0.2) is 59.5 Å². The smallest absolute Gasteiger partial charge is 0.410 e. The number of fused-ring (bicyclic) bond motifs is 6. The highest BCUT2D eigenvalue weighted by Crippen LogP contribution is 2.45. The Morgan fingerprint density at radius 1 is 0.871 bits per heavy atom. The minimum absolute atomic E-state index is 0.00108. The van der Waals surface area contributed by atoms with Gasteiger partial charge in [-0.1, -0.05) is 42.3 Å². The fourth-order valence-electron chi connectivity index (χ4n) is 15.3. The van der Waals surface area contributed by atoms with E-state index in [1.54, 1.807) is 46.6 Å². The standard InChI is InChI=1S/C64H73F2N11O8/c1-6-44-48(65)17-14-40-10-7-12-46(52(40)44)54-53(66)55-47(32-67-54)57(74-34-41-15-16-42(35-74)76(41)62(82)85-63(2,3)4)70-59(69-55)84-37-64-25-9-27-75(64)43(20-26-64)36-83-61(81)73-30-21-38(22-31-73)33-72-28-23-39(24-29-72)45-11-8-13-49-56(45)71(5)60(80)77(49)50-18-19-51(78)68-58(50)79/h1,7-8,10-14,17,32,38-39,41-43,50H,9,15-16,18-31,33-37H2,2-5H3,(H,68,78,79)/t41-,42+,43-,50?,64+/m0/s1. The first-order chi connectivity index (χ1) is 41.0. The number of amides is 4. The minimum Gasteiger partial charge on any atom is -0.461 e. The van der Waals surface area contributed by atoms with Crippen molar-refractivity contribution < 1.29 is 42.2 Å². The van der Waals surface area contributed by atoms with Crippen LogP contribution in [-0.2, 0) is 26.1 Å². The van der Waals surface area contributed by atoms with Crippen molar-refractivity contribution in [3.63, 3.8) is 0 Å². The average Bonchev–Trinajstić information content (AvgIpc) is 3.40. The molecule has 0 saturated carbocycles. The number of rotatable bonds is 11. The lowest BCUT2D eigenvalue weighted by Crippen LogP contribution is -2.57. The van der Waals surface area contributed by atoms with Crippen molar-refractivity contribution in [2.75, 3.05) is 70.5 Å². The summed E-state index contributed by atoms with van der Waals surface area (Å²) >= 11 is 0. The monoisotopic (exact) mass is 1160 g/mol. The van der Waals surface area contributed by atoms with E-state index in [2.05, 4.69) is 37.0 Å². The Morgan fingerprint density at radius 2 is 1.64 bits per heavy atom. The summed E-state index contributed by atoms with van der Waals surface area (Å²) in [6, 6.07) is 13.0. The molecule has 3 aromatic heterocycles. The van der Waals surface area contributed by atoms with E-state index in [-0.39, 0.29) is 95.8 Å². The number of nitrogens with zero attached hydrogens (tertiary/aromatic N) is 10. The first-order valence-electron chi connectivity index (χ1n) is 30.3. The highest BCUT2D eigenvalue weighted by Gasteiger charge is 2.51. The van der Waals surface area contributed by atoms with Crippen molar-refractivity contribution in [3.8, 4) is 29.6 Å². The molecular formula is C64H73F2N11O8.